The van der Waals surface area contributed by atoms with Gasteiger partial charge in [-0.25, -0.2) is 8.42 Å². The molecule has 4 aromatic rings. The van der Waals surface area contributed by atoms with Gasteiger partial charge >= 0.3 is 5.97 Å². The van der Waals surface area contributed by atoms with E-state index in [1.54, 1.807) is 11.5 Å². The number of amides is 1. The Bertz CT molecular complexity index is 1610. The van der Waals surface area contributed by atoms with Crippen LogP contribution in [-0.2, 0) is 32.6 Å². The van der Waals surface area contributed by atoms with Crippen LogP contribution in [0.4, 0.5) is 0 Å². The predicted molar refractivity (Wildman–Crippen MR) is 143 cm³/mol. The van der Waals surface area contributed by atoms with Crippen LogP contribution in [0.15, 0.2) is 82.7 Å². The van der Waals surface area contributed by atoms with Gasteiger partial charge in [0, 0.05) is 19.2 Å². The van der Waals surface area contributed by atoms with Gasteiger partial charge < -0.3 is 9.30 Å². The van der Waals surface area contributed by atoms with E-state index in [1.165, 1.54) is 47.0 Å². The minimum Gasteiger partial charge on any atom is -0.465 e. The lowest BCUT2D eigenvalue weighted by Crippen LogP contribution is -2.26. The summed E-state index contributed by atoms with van der Waals surface area (Å²) < 4.78 is 34.9. The molecule has 0 atom stereocenters. The highest BCUT2D eigenvalue weighted by Gasteiger charge is 2.21. The highest BCUT2D eigenvalue weighted by molar-refractivity contribution is 7.89. The van der Waals surface area contributed by atoms with E-state index in [1.807, 2.05) is 55.5 Å². The van der Waals surface area contributed by atoms with Crippen molar-refractivity contribution in [3.63, 3.8) is 0 Å². The maximum atomic E-state index is 13.0. The molecule has 4 rings (SSSR count). The molecule has 0 spiro atoms. The summed E-state index contributed by atoms with van der Waals surface area (Å²) in [6.45, 7) is 4.10. The minimum absolute atomic E-state index is 0.0755. The number of aryl methyl sites for hydroxylation is 1. The zero-order valence-electron chi connectivity index (χ0n) is 20.7. The van der Waals surface area contributed by atoms with Crippen LogP contribution in [0.3, 0.4) is 0 Å². The first-order chi connectivity index (χ1) is 17.7. The number of hydrogen-bond acceptors (Lipinski definition) is 6. The van der Waals surface area contributed by atoms with Crippen molar-refractivity contribution >= 4 is 43.5 Å². The molecule has 3 aromatic carbocycles. The number of ether oxygens (including phenoxy) is 1. The topological polar surface area (TPSA) is 98.0 Å². The first-order valence-corrected chi connectivity index (χ1v) is 13.9. The standard InChI is InChI=1S/C27H27N3O5S2/c1-4-35-25(31)18-30-23-15-10-19(2)16-24(23)36-27(30)28-26(32)21-11-13-22(14-12-21)37(33,34)29(3)17-20-8-6-5-7-9-20/h5-16H,4,17-18H2,1-3H3. The Morgan fingerprint density at radius 3 is 2.41 bits per heavy atom. The molecule has 0 radical (unpaired) electrons. The lowest BCUT2D eigenvalue weighted by atomic mass is 10.2. The van der Waals surface area contributed by atoms with Crippen LogP contribution in [0, 0.1) is 6.92 Å². The number of aromatic nitrogens is 1. The number of benzene rings is 3. The van der Waals surface area contributed by atoms with Gasteiger partial charge in [0.15, 0.2) is 4.80 Å². The van der Waals surface area contributed by atoms with Crippen molar-refractivity contribution in [2.45, 2.75) is 31.8 Å². The average Bonchev–Trinajstić information content (AvgIpc) is 3.20. The monoisotopic (exact) mass is 537 g/mol. The first kappa shape index (κ1) is 26.5. The van der Waals surface area contributed by atoms with Gasteiger partial charge in [-0.2, -0.15) is 9.30 Å². The van der Waals surface area contributed by atoms with Gasteiger partial charge in [-0.3, -0.25) is 9.59 Å². The maximum Gasteiger partial charge on any atom is 0.326 e. The summed E-state index contributed by atoms with van der Waals surface area (Å²) in [5.41, 5.74) is 2.93. The van der Waals surface area contributed by atoms with Crippen LogP contribution < -0.4 is 4.80 Å². The van der Waals surface area contributed by atoms with Crippen LogP contribution in [-0.4, -0.2) is 42.8 Å². The number of hydrogen-bond donors (Lipinski definition) is 0. The van der Waals surface area contributed by atoms with E-state index in [0.29, 0.717) is 4.80 Å². The highest BCUT2D eigenvalue weighted by Crippen LogP contribution is 2.20. The molecule has 10 heteroatoms. The van der Waals surface area contributed by atoms with Gasteiger partial charge in [-0.05, 0) is 61.4 Å². The van der Waals surface area contributed by atoms with E-state index in [9.17, 15) is 18.0 Å². The molecule has 192 valence electrons. The van der Waals surface area contributed by atoms with E-state index in [2.05, 4.69) is 4.99 Å². The van der Waals surface area contributed by atoms with Crippen molar-refractivity contribution in [2.75, 3.05) is 13.7 Å². The van der Waals surface area contributed by atoms with Crippen LogP contribution in [0.1, 0.15) is 28.4 Å². The van der Waals surface area contributed by atoms with Gasteiger partial charge in [0.05, 0.1) is 21.7 Å². The number of fused-ring (bicyclic) bond motifs is 1. The van der Waals surface area contributed by atoms with Crippen LogP contribution in [0.5, 0.6) is 0 Å². The zero-order valence-corrected chi connectivity index (χ0v) is 22.4. The number of sulfonamides is 1. The van der Waals surface area contributed by atoms with E-state index in [4.69, 9.17) is 4.74 Å². The quantitative estimate of drug-likeness (QED) is 0.315. The zero-order chi connectivity index (χ0) is 26.6. The van der Waals surface area contributed by atoms with E-state index in [-0.39, 0.29) is 30.2 Å². The molecular weight excluding hydrogens is 510 g/mol. The van der Waals surface area contributed by atoms with Crippen molar-refractivity contribution in [1.29, 1.82) is 0 Å². The SMILES string of the molecule is CCOC(=O)Cn1c(=NC(=O)c2ccc(S(=O)(=O)N(C)Cc3ccccc3)cc2)sc2cc(C)ccc21. The van der Waals surface area contributed by atoms with Crippen LogP contribution in [0.2, 0.25) is 0 Å². The Morgan fingerprint density at radius 2 is 1.73 bits per heavy atom. The molecule has 0 saturated heterocycles. The Balaban J connectivity index is 1.62. The summed E-state index contributed by atoms with van der Waals surface area (Å²) in [6, 6.07) is 20.8. The summed E-state index contributed by atoms with van der Waals surface area (Å²) in [6.07, 6.45) is 0. The molecular formula is C27H27N3O5S2. The van der Waals surface area contributed by atoms with Gasteiger partial charge in [0.1, 0.15) is 6.54 Å². The molecule has 1 heterocycles. The molecule has 37 heavy (non-hydrogen) atoms. The second kappa shape index (κ2) is 11.2. The smallest absolute Gasteiger partial charge is 0.326 e. The van der Waals surface area contributed by atoms with Crippen molar-refractivity contribution in [2.24, 2.45) is 4.99 Å². The molecule has 1 aromatic heterocycles. The molecule has 0 aliphatic rings. The number of nitrogens with zero attached hydrogens (tertiary/aromatic N) is 3. The lowest BCUT2D eigenvalue weighted by molar-refractivity contribution is -0.143. The molecule has 0 bridgehead atoms. The summed E-state index contributed by atoms with van der Waals surface area (Å²) in [5.74, 6) is -0.965. The van der Waals surface area contributed by atoms with Crippen LogP contribution >= 0.6 is 11.3 Å². The largest absolute Gasteiger partial charge is 0.465 e. The minimum atomic E-state index is -3.75. The van der Waals surface area contributed by atoms with Gasteiger partial charge in [0.25, 0.3) is 5.91 Å². The number of carbonyl (C=O) groups is 2. The third-order valence-electron chi connectivity index (χ3n) is 5.69. The van der Waals surface area contributed by atoms with Gasteiger partial charge in [-0.15, -0.1) is 0 Å². The van der Waals surface area contributed by atoms with Gasteiger partial charge in [-0.1, -0.05) is 47.7 Å². The van der Waals surface area contributed by atoms with Crippen molar-refractivity contribution in [3.05, 3.63) is 94.3 Å². The maximum absolute atomic E-state index is 13.0. The molecule has 0 aliphatic heterocycles. The van der Waals surface area contributed by atoms with Crippen LogP contribution in [0.25, 0.3) is 10.2 Å². The lowest BCUT2D eigenvalue weighted by Gasteiger charge is -2.17. The molecule has 1 amide bonds. The molecule has 0 aliphatic carbocycles. The second-order valence-corrected chi connectivity index (χ2v) is 11.5. The normalized spacial score (nSPS) is 12.3. The Morgan fingerprint density at radius 1 is 1.03 bits per heavy atom. The third-order valence-corrected chi connectivity index (χ3v) is 8.54. The summed E-state index contributed by atoms with van der Waals surface area (Å²) >= 11 is 1.30. The molecule has 0 unspecified atom stereocenters. The van der Waals surface area contributed by atoms with Crippen molar-refractivity contribution in [3.8, 4) is 0 Å². The fourth-order valence-electron chi connectivity index (χ4n) is 3.78. The number of rotatable bonds is 8. The first-order valence-electron chi connectivity index (χ1n) is 11.6. The molecule has 0 fully saturated rings. The Labute approximate surface area is 219 Å². The van der Waals surface area contributed by atoms with E-state index >= 15 is 0 Å². The van der Waals surface area contributed by atoms with Crippen molar-refractivity contribution in [1.82, 2.24) is 8.87 Å². The Hall–Kier alpha value is -3.60. The molecule has 0 saturated carbocycles. The average molecular weight is 538 g/mol. The summed E-state index contributed by atoms with van der Waals surface area (Å²) in [7, 11) is -2.23. The number of thiazole rings is 1. The molecule has 8 nitrogen and oxygen atoms in total. The van der Waals surface area contributed by atoms with E-state index in [0.717, 1.165) is 21.3 Å². The summed E-state index contributed by atoms with van der Waals surface area (Å²) in [4.78, 5) is 29.9. The van der Waals surface area contributed by atoms with E-state index < -0.39 is 21.9 Å². The fourth-order valence-corrected chi connectivity index (χ4v) is 6.07. The summed E-state index contributed by atoms with van der Waals surface area (Å²) in [5, 5.41) is 0. The van der Waals surface area contributed by atoms with Crippen molar-refractivity contribution < 1.29 is 22.7 Å². The third kappa shape index (κ3) is 6.04. The molecule has 0 N–H and O–H groups in total. The number of esters is 1. The highest BCUT2D eigenvalue weighted by atomic mass is 32.2. The fraction of sp³-hybridized carbons (Fsp3) is 0.222. The number of carbonyl (C=O) groups excluding carboxylic acids is 2. The second-order valence-electron chi connectivity index (χ2n) is 8.43. The predicted octanol–water partition coefficient (Wildman–Crippen LogP) is 4.14. The van der Waals surface area contributed by atoms with Gasteiger partial charge in [0.2, 0.25) is 10.0 Å². The Kier molecular flexibility index (Phi) is 8.01.